The number of aromatic nitrogens is 1. The number of aromatic carboxylic acids is 1. The second kappa shape index (κ2) is 5.95. The predicted molar refractivity (Wildman–Crippen MR) is 68.6 cm³/mol. The molecule has 0 aliphatic carbocycles. The van der Waals surface area contributed by atoms with Crippen molar-refractivity contribution in [2.75, 3.05) is 0 Å². The second-order valence-corrected chi connectivity index (χ2v) is 3.98. The third-order valence-electron chi connectivity index (χ3n) is 2.52. The largest absolute Gasteiger partial charge is 0.480 e. The number of ether oxygens (including phenoxy) is 1. The Morgan fingerprint density at radius 2 is 2.14 bits per heavy atom. The van der Waals surface area contributed by atoms with Gasteiger partial charge in [-0.15, -0.1) is 0 Å². The minimum atomic E-state index is -1.19. The number of carboxylic acids is 1. The van der Waals surface area contributed by atoms with E-state index in [1.165, 1.54) is 18.2 Å². The molecule has 7 nitrogen and oxygen atoms in total. The first-order valence-electron chi connectivity index (χ1n) is 5.73. The molecule has 0 bridgehead atoms. The second-order valence-electron chi connectivity index (χ2n) is 3.98. The summed E-state index contributed by atoms with van der Waals surface area (Å²) in [5, 5.41) is 19.6. The average molecular weight is 292 g/mol. The van der Waals surface area contributed by atoms with E-state index >= 15 is 0 Å². The van der Waals surface area contributed by atoms with Crippen molar-refractivity contribution < 1.29 is 24.0 Å². The molecule has 1 aromatic carbocycles. The Hall–Kier alpha value is -3.03. The monoisotopic (exact) mass is 292 g/mol. The number of pyridine rings is 1. The van der Waals surface area contributed by atoms with Crippen LogP contribution < -0.4 is 4.74 Å². The Bertz CT molecular complexity index is 705. The number of nitro benzene ring substituents is 1. The smallest absolute Gasteiger partial charge is 0.354 e. The van der Waals surface area contributed by atoms with Gasteiger partial charge in [0.15, 0.2) is 5.75 Å². The van der Waals surface area contributed by atoms with Gasteiger partial charge in [0.05, 0.1) is 16.7 Å². The molecule has 1 aromatic heterocycles. The van der Waals surface area contributed by atoms with E-state index in [2.05, 4.69) is 4.98 Å². The van der Waals surface area contributed by atoms with Crippen molar-refractivity contribution in [3.05, 3.63) is 63.7 Å². The van der Waals surface area contributed by atoms with E-state index in [0.717, 1.165) is 18.2 Å². The van der Waals surface area contributed by atoms with Crippen molar-refractivity contribution in [1.82, 2.24) is 4.98 Å². The van der Waals surface area contributed by atoms with Gasteiger partial charge in [-0.25, -0.2) is 14.2 Å². The van der Waals surface area contributed by atoms with Crippen molar-refractivity contribution >= 4 is 11.7 Å². The van der Waals surface area contributed by atoms with Gasteiger partial charge < -0.3 is 9.84 Å². The van der Waals surface area contributed by atoms with Gasteiger partial charge in [0.25, 0.3) is 0 Å². The van der Waals surface area contributed by atoms with Crippen LogP contribution in [0.25, 0.3) is 0 Å². The maximum atomic E-state index is 13.0. The molecule has 0 fully saturated rings. The van der Waals surface area contributed by atoms with Gasteiger partial charge >= 0.3 is 11.7 Å². The molecule has 2 aromatic rings. The Morgan fingerprint density at radius 3 is 2.81 bits per heavy atom. The van der Waals surface area contributed by atoms with Crippen LogP contribution in [-0.4, -0.2) is 21.0 Å². The molecule has 0 atom stereocenters. The van der Waals surface area contributed by atoms with E-state index in [-0.39, 0.29) is 23.7 Å². The fourth-order valence-corrected chi connectivity index (χ4v) is 1.59. The molecule has 0 aliphatic heterocycles. The van der Waals surface area contributed by atoms with Gasteiger partial charge in [-0.3, -0.25) is 10.1 Å². The van der Waals surface area contributed by atoms with Gasteiger partial charge in [0.1, 0.15) is 18.1 Å². The number of halogens is 1. The highest BCUT2D eigenvalue weighted by atomic mass is 19.1. The van der Waals surface area contributed by atoms with E-state index in [1.54, 1.807) is 0 Å². The van der Waals surface area contributed by atoms with Gasteiger partial charge in [-0.1, -0.05) is 6.07 Å². The number of carbonyl (C=O) groups is 1. The summed E-state index contributed by atoms with van der Waals surface area (Å²) in [4.78, 5) is 24.6. The predicted octanol–water partition coefficient (Wildman–Crippen LogP) is 2.41. The molecule has 2 rings (SSSR count). The fourth-order valence-electron chi connectivity index (χ4n) is 1.59. The van der Waals surface area contributed by atoms with Crippen LogP contribution in [0.15, 0.2) is 36.4 Å². The summed E-state index contributed by atoms with van der Waals surface area (Å²) in [6.07, 6.45) is 0. The van der Waals surface area contributed by atoms with E-state index in [1.807, 2.05) is 0 Å². The van der Waals surface area contributed by atoms with E-state index < -0.39 is 22.4 Å². The van der Waals surface area contributed by atoms with Crippen LogP contribution in [0.3, 0.4) is 0 Å². The summed E-state index contributed by atoms with van der Waals surface area (Å²) in [7, 11) is 0. The quantitative estimate of drug-likeness (QED) is 0.670. The Kier molecular flexibility index (Phi) is 4.07. The van der Waals surface area contributed by atoms with Crippen LogP contribution in [0.1, 0.15) is 16.2 Å². The van der Waals surface area contributed by atoms with Crippen LogP contribution in [0.2, 0.25) is 0 Å². The molecule has 0 saturated heterocycles. The summed E-state index contributed by atoms with van der Waals surface area (Å²) in [5.41, 5.74) is -0.386. The topological polar surface area (TPSA) is 103 Å². The summed E-state index contributed by atoms with van der Waals surface area (Å²) < 4.78 is 18.2. The summed E-state index contributed by atoms with van der Waals surface area (Å²) in [6, 6.07) is 7.22. The van der Waals surface area contributed by atoms with E-state index in [0.29, 0.717) is 0 Å². The first-order chi connectivity index (χ1) is 9.97. The van der Waals surface area contributed by atoms with E-state index in [4.69, 9.17) is 9.84 Å². The number of nitrogens with zero attached hydrogens (tertiary/aromatic N) is 2. The van der Waals surface area contributed by atoms with Crippen molar-refractivity contribution in [3.63, 3.8) is 0 Å². The molecule has 0 spiro atoms. The molecule has 1 heterocycles. The molecule has 0 unspecified atom stereocenters. The molecular weight excluding hydrogens is 283 g/mol. The maximum Gasteiger partial charge on any atom is 0.354 e. The highest BCUT2D eigenvalue weighted by Crippen LogP contribution is 2.28. The number of hydrogen-bond acceptors (Lipinski definition) is 5. The SMILES string of the molecule is O=C(O)c1cccc(COc2ccc(F)cc2[N+](=O)[O-])n1. The Morgan fingerprint density at radius 1 is 1.38 bits per heavy atom. The lowest BCUT2D eigenvalue weighted by Crippen LogP contribution is -2.05. The lowest BCUT2D eigenvalue weighted by atomic mass is 10.3. The molecule has 0 amide bonds. The Balaban J connectivity index is 2.18. The van der Waals surface area contributed by atoms with Gasteiger partial charge in [0.2, 0.25) is 0 Å². The minimum absolute atomic E-state index is 0.121. The lowest BCUT2D eigenvalue weighted by Gasteiger charge is -2.06. The molecule has 0 saturated carbocycles. The first-order valence-corrected chi connectivity index (χ1v) is 5.73. The zero-order valence-electron chi connectivity index (χ0n) is 10.5. The number of carboxylic acid groups (broad SMARTS) is 1. The first kappa shape index (κ1) is 14.4. The van der Waals surface area contributed by atoms with Crippen LogP contribution >= 0.6 is 0 Å². The summed E-state index contributed by atoms with van der Waals surface area (Å²) in [5.74, 6) is -2.06. The fraction of sp³-hybridized carbons (Fsp3) is 0.0769. The molecule has 108 valence electrons. The van der Waals surface area contributed by atoms with Gasteiger partial charge in [-0.2, -0.15) is 0 Å². The van der Waals surface area contributed by atoms with Crippen molar-refractivity contribution in [1.29, 1.82) is 0 Å². The normalized spacial score (nSPS) is 10.1. The zero-order valence-corrected chi connectivity index (χ0v) is 10.5. The third kappa shape index (κ3) is 3.50. The molecule has 21 heavy (non-hydrogen) atoms. The molecule has 8 heteroatoms. The summed E-state index contributed by atoms with van der Waals surface area (Å²) >= 11 is 0. The number of nitro groups is 1. The van der Waals surface area contributed by atoms with Crippen LogP contribution in [0, 0.1) is 15.9 Å². The average Bonchev–Trinajstić information content (AvgIpc) is 2.46. The number of hydrogen-bond donors (Lipinski definition) is 1. The number of rotatable bonds is 5. The van der Waals surface area contributed by atoms with Gasteiger partial charge in [0, 0.05) is 0 Å². The molecule has 0 radical (unpaired) electrons. The lowest BCUT2D eigenvalue weighted by molar-refractivity contribution is -0.386. The number of benzene rings is 1. The van der Waals surface area contributed by atoms with Crippen LogP contribution in [0.4, 0.5) is 10.1 Å². The van der Waals surface area contributed by atoms with Crippen LogP contribution in [0.5, 0.6) is 5.75 Å². The van der Waals surface area contributed by atoms with E-state index in [9.17, 15) is 19.3 Å². The van der Waals surface area contributed by atoms with Crippen LogP contribution in [-0.2, 0) is 6.61 Å². The van der Waals surface area contributed by atoms with Gasteiger partial charge in [-0.05, 0) is 24.3 Å². The highest BCUT2D eigenvalue weighted by molar-refractivity contribution is 5.85. The van der Waals surface area contributed by atoms with Crippen molar-refractivity contribution in [3.8, 4) is 5.75 Å². The third-order valence-corrected chi connectivity index (χ3v) is 2.52. The molecule has 0 aliphatic rings. The maximum absolute atomic E-state index is 13.0. The molecule has 1 N–H and O–H groups in total. The summed E-state index contributed by atoms with van der Waals surface area (Å²) in [6.45, 7) is -0.173. The van der Waals surface area contributed by atoms with Crippen molar-refractivity contribution in [2.24, 2.45) is 0 Å². The van der Waals surface area contributed by atoms with Crippen molar-refractivity contribution in [2.45, 2.75) is 6.61 Å². The minimum Gasteiger partial charge on any atom is -0.480 e. The standard InChI is InChI=1S/C13H9FN2O5/c14-8-4-5-12(11(6-8)16(19)20)21-7-9-2-1-3-10(15-9)13(17)18/h1-6H,7H2,(H,17,18). The Labute approximate surface area is 117 Å². The highest BCUT2D eigenvalue weighted by Gasteiger charge is 2.16. The molecular formula is C13H9FN2O5. The zero-order chi connectivity index (χ0) is 15.4.